The second-order valence-corrected chi connectivity index (χ2v) is 4.22. The average molecular weight is 269 g/mol. The summed E-state index contributed by atoms with van der Waals surface area (Å²) < 4.78 is 26.9. The highest BCUT2D eigenvalue weighted by molar-refractivity contribution is 5.54. The quantitative estimate of drug-likeness (QED) is 0.882. The van der Waals surface area contributed by atoms with Crippen molar-refractivity contribution >= 4 is 0 Å². The van der Waals surface area contributed by atoms with Crippen LogP contribution in [0.4, 0.5) is 0 Å². The van der Waals surface area contributed by atoms with Crippen molar-refractivity contribution in [3.63, 3.8) is 0 Å². The van der Waals surface area contributed by atoms with E-state index in [2.05, 4.69) is 0 Å². The van der Waals surface area contributed by atoms with Gasteiger partial charge in [0.2, 0.25) is 5.75 Å². The Morgan fingerprint density at radius 2 is 1.53 bits per heavy atom. The van der Waals surface area contributed by atoms with Crippen molar-refractivity contribution < 1.29 is 23.7 Å². The third-order valence-corrected chi connectivity index (χ3v) is 2.88. The van der Waals surface area contributed by atoms with Gasteiger partial charge in [-0.3, -0.25) is 0 Å². The molecule has 0 bridgehead atoms. The van der Waals surface area contributed by atoms with Crippen LogP contribution in [0.3, 0.4) is 0 Å². The highest BCUT2D eigenvalue weighted by Gasteiger charge is 2.24. The summed E-state index contributed by atoms with van der Waals surface area (Å²) in [6, 6.07) is 3.53. The molecule has 1 fully saturated rings. The Balaban J connectivity index is 2.30. The van der Waals surface area contributed by atoms with E-state index in [4.69, 9.17) is 29.4 Å². The maximum Gasteiger partial charge on any atom is 0.203 e. The zero-order valence-electron chi connectivity index (χ0n) is 11.3. The van der Waals surface area contributed by atoms with Crippen LogP contribution in [-0.2, 0) is 9.47 Å². The lowest BCUT2D eigenvalue weighted by Gasteiger charge is -2.28. The smallest absolute Gasteiger partial charge is 0.203 e. The fourth-order valence-corrected chi connectivity index (χ4v) is 1.95. The highest BCUT2D eigenvalue weighted by atomic mass is 16.7. The minimum atomic E-state index is -0.464. The first-order chi connectivity index (χ1) is 9.19. The predicted octanol–water partition coefficient (Wildman–Crippen LogP) is 1.09. The molecule has 6 nitrogen and oxygen atoms in total. The van der Waals surface area contributed by atoms with Gasteiger partial charge in [0.25, 0.3) is 0 Å². The molecule has 1 heterocycles. The molecule has 0 aliphatic carbocycles. The summed E-state index contributed by atoms with van der Waals surface area (Å²) in [5, 5.41) is 0. The van der Waals surface area contributed by atoms with Gasteiger partial charge in [-0.1, -0.05) is 0 Å². The topological polar surface area (TPSA) is 72.2 Å². The fraction of sp³-hybridized carbons (Fsp3) is 0.538. The molecule has 1 aliphatic rings. The molecule has 2 N–H and O–H groups in total. The molecule has 0 saturated carbocycles. The minimum absolute atomic E-state index is 0.0849. The van der Waals surface area contributed by atoms with Gasteiger partial charge in [-0.2, -0.15) is 0 Å². The zero-order valence-corrected chi connectivity index (χ0v) is 11.3. The number of hydrogen-bond acceptors (Lipinski definition) is 6. The van der Waals surface area contributed by atoms with E-state index < -0.39 is 6.29 Å². The van der Waals surface area contributed by atoms with E-state index in [1.165, 1.54) is 0 Å². The Hall–Kier alpha value is -1.50. The van der Waals surface area contributed by atoms with Crippen LogP contribution in [0.5, 0.6) is 17.2 Å². The molecule has 2 rings (SSSR count). The van der Waals surface area contributed by atoms with Crippen LogP contribution in [0.1, 0.15) is 11.9 Å². The van der Waals surface area contributed by atoms with E-state index >= 15 is 0 Å². The van der Waals surface area contributed by atoms with Gasteiger partial charge in [-0.05, 0) is 12.1 Å². The van der Waals surface area contributed by atoms with Crippen LogP contribution < -0.4 is 19.9 Å². The van der Waals surface area contributed by atoms with Gasteiger partial charge in [0, 0.05) is 5.56 Å². The summed E-state index contributed by atoms with van der Waals surface area (Å²) in [4.78, 5) is 0. The van der Waals surface area contributed by atoms with Crippen molar-refractivity contribution in [2.45, 2.75) is 12.3 Å². The van der Waals surface area contributed by atoms with Crippen LogP contribution in [0.15, 0.2) is 12.1 Å². The molecule has 0 atom stereocenters. The molecule has 0 spiro atoms. The Bertz CT molecular complexity index is 404. The van der Waals surface area contributed by atoms with Crippen LogP contribution in [0.25, 0.3) is 0 Å². The van der Waals surface area contributed by atoms with Crippen LogP contribution in [0, 0.1) is 0 Å². The van der Waals surface area contributed by atoms with Gasteiger partial charge < -0.3 is 29.4 Å². The molecule has 1 aliphatic heterocycles. The summed E-state index contributed by atoms with van der Waals surface area (Å²) in [6.07, 6.45) is -0.464. The molecule has 6 heteroatoms. The Kier molecular flexibility index (Phi) is 4.47. The molecule has 1 saturated heterocycles. The van der Waals surface area contributed by atoms with Crippen molar-refractivity contribution in [2.75, 3.05) is 34.5 Å². The minimum Gasteiger partial charge on any atom is -0.493 e. The first kappa shape index (κ1) is 13.9. The molecule has 0 amide bonds. The van der Waals surface area contributed by atoms with Gasteiger partial charge in [-0.15, -0.1) is 0 Å². The predicted molar refractivity (Wildman–Crippen MR) is 68.7 cm³/mol. The van der Waals surface area contributed by atoms with E-state index in [-0.39, 0.29) is 6.04 Å². The number of ether oxygens (including phenoxy) is 5. The monoisotopic (exact) mass is 269 g/mol. The third kappa shape index (κ3) is 2.91. The van der Waals surface area contributed by atoms with E-state index in [1.807, 2.05) is 12.1 Å². The summed E-state index contributed by atoms with van der Waals surface area (Å²) in [7, 11) is 4.70. The molecule has 1 aromatic rings. The molecule has 106 valence electrons. The average Bonchev–Trinajstić information content (AvgIpc) is 2.46. The first-order valence-corrected chi connectivity index (χ1v) is 5.98. The van der Waals surface area contributed by atoms with Gasteiger partial charge in [0.05, 0.1) is 40.6 Å². The Morgan fingerprint density at radius 1 is 1.00 bits per heavy atom. The second-order valence-electron chi connectivity index (χ2n) is 4.22. The molecular weight excluding hydrogens is 250 g/mol. The standard InChI is InChI=1S/C13H19NO5/c1-15-10-4-8(5-11(16-2)12(10)17-3)13-18-6-9(14)7-19-13/h4-5,9,13H,6-7,14H2,1-3H3. The van der Waals surface area contributed by atoms with Crippen LogP contribution in [-0.4, -0.2) is 40.6 Å². The highest BCUT2D eigenvalue weighted by Crippen LogP contribution is 2.40. The van der Waals surface area contributed by atoms with Crippen molar-refractivity contribution in [3.8, 4) is 17.2 Å². The van der Waals surface area contributed by atoms with Gasteiger partial charge in [-0.25, -0.2) is 0 Å². The molecule has 1 aromatic carbocycles. The lowest BCUT2D eigenvalue weighted by Crippen LogP contribution is -2.37. The van der Waals surface area contributed by atoms with Crippen molar-refractivity contribution in [2.24, 2.45) is 5.73 Å². The summed E-state index contributed by atoms with van der Waals surface area (Å²) in [5.41, 5.74) is 6.52. The van der Waals surface area contributed by atoms with Crippen LogP contribution in [0.2, 0.25) is 0 Å². The fourth-order valence-electron chi connectivity index (χ4n) is 1.95. The van der Waals surface area contributed by atoms with E-state index in [0.717, 1.165) is 5.56 Å². The van der Waals surface area contributed by atoms with Crippen molar-refractivity contribution in [1.82, 2.24) is 0 Å². The molecule has 0 radical (unpaired) electrons. The first-order valence-electron chi connectivity index (χ1n) is 5.98. The third-order valence-electron chi connectivity index (χ3n) is 2.88. The van der Waals surface area contributed by atoms with Gasteiger partial charge in [0.1, 0.15) is 0 Å². The summed E-state index contributed by atoms with van der Waals surface area (Å²) in [6.45, 7) is 0.919. The summed E-state index contributed by atoms with van der Waals surface area (Å²) >= 11 is 0. The van der Waals surface area contributed by atoms with Crippen LogP contribution >= 0.6 is 0 Å². The number of rotatable bonds is 4. The van der Waals surface area contributed by atoms with E-state index in [0.29, 0.717) is 30.5 Å². The zero-order chi connectivity index (χ0) is 13.8. The van der Waals surface area contributed by atoms with E-state index in [1.54, 1.807) is 21.3 Å². The van der Waals surface area contributed by atoms with E-state index in [9.17, 15) is 0 Å². The molecular formula is C13H19NO5. The normalized spacial score (nSPS) is 22.9. The summed E-state index contributed by atoms with van der Waals surface area (Å²) in [5.74, 6) is 1.68. The molecule has 0 aromatic heterocycles. The SMILES string of the molecule is COc1cc(C2OCC(N)CO2)cc(OC)c1OC. The number of hydrogen-bond donors (Lipinski definition) is 1. The maximum atomic E-state index is 5.71. The lowest BCUT2D eigenvalue weighted by molar-refractivity contribution is -0.190. The largest absolute Gasteiger partial charge is 0.493 e. The van der Waals surface area contributed by atoms with Crippen molar-refractivity contribution in [1.29, 1.82) is 0 Å². The second kappa shape index (κ2) is 6.10. The maximum absolute atomic E-state index is 5.71. The lowest BCUT2D eigenvalue weighted by atomic mass is 10.1. The molecule has 0 unspecified atom stereocenters. The number of nitrogens with two attached hydrogens (primary N) is 1. The Morgan fingerprint density at radius 3 is 1.95 bits per heavy atom. The van der Waals surface area contributed by atoms with Gasteiger partial charge in [0.15, 0.2) is 17.8 Å². The number of benzene rings is 1. The number of methoxy groups -OCH3 is 3. The molecule has 19 heavy (non-hydrogen) atoms. The van der Waals surface area contributed by atoms with Crippen molar-refractivity contribution in [3.05, 3.63) is 17.7 Å². The Labute approximate surface area is 112 Å². The van der Waals surface area contributed by atoms with Gasteiger partial charge >= 0.3 is 0 Å².